The number of benzene rings is 2. The summed E-state index contributed by atoms with van der Waals surface area (Å²) >= 11 is 0. The molecule has 0 saturated carbocycles. The van der Waals surface area contributed by atoms with Crippen molar-refractivity contribution in [3.05, 3.63) is 116 Å². The molecule has 2 aliphatic heterocycles. The lowest BCUT2D eigenvalue weighted by molar-refractivity contribution is 0.0395. The van der Waals surface area contributed by atoms with E-state index in [1.165, 1.54) is 25.4 Å². The Balaban J connectivity index is 1.15. The maximum Gasteiger partial charge on any atom is 0.351 e. The molecule has 0 aliphatic carbocycles. The van der Waals surface area contributed by atoms with E-state index in [0.29, 0.717) is 59.9 Å². The minimum absolute atomic E-state index is 0.0556. The van der Waals surface area contributed by atoms with Gasteiger partial charge in [-0.25, -0.2) is 19.6 Å². The molecule has 0 fully saturated rings. The molecule has 1 unspecified atom stereocenters. The smallest absolute Gasteiger partial charge is 0.351 e. The molecule has 1 atom stereocenters. The van der Waals surface area contributed by atoms with Crippen LogP contribution in [0.25, 0.3) is 22.1 Å². The molecule has 8 rings (SSSR count). The van der Waals surface area contributed by atoms with Crippen molar-refractivity contribution >= 4 is 45.6 Å². The van der Waals surface area contributed by atoms with Crippen LogP contribution in [0.1, 0.15) is 37.9 Å². The van der Waals surface area contributed by atoms with Gasteiger partial charge in [0.15, 0.2) is 23.1 Å². The average Bonchev–Trinajstić information content (AvgIpc) is 3.18. The summed E-state index contributed by atoms with van der Waals surface area (Å²) in [5.41, 5.74) is -0.262. The van der Waals surface area contributed by atoms with Crippen molar-refractivity contribution in [2.45, 2.75) is 12.6 Å². The molecule has 15 nitrogen and oxygen atoms in total. The predicted octanol–water partition coefficient (Wildman–Crippen LogP) is 4.09. The number of aromatic amines is 1. The van der Waals surface area contributed by atoms with Gasteiger partial charge >= 0.3 is 11.9 Å². The number of esters is 2. The quantitative estimate of drug-likeness (QED) is 0.184. The molecule has 0 radical (unpaired) electrons. The van der Waals surface area contributed by atoms with E-state index in [0.717, 1.165) is 11.8 Å². The monoisotopic (exact) mass is 730 g/mol. The SMILES string of the molecule is COc1ccc(Cn2cc(C(=O)OC(=O)c3c[nH]c4nc5c(cc4c3=O)OC(c3ccccc3)CN5C)c(=O)c3cc4c(nc32)N(C)CCO4)c(OC)c1. The second-order valence-electron chi connectivity index (χ2n) is 12.9. The molecule has 0 amide bonds. The van der Waals surface area contributed by atoms with Gasteiger partial charge in [-0.15, -0.1) is 0 Å². The molecule has 0 bridgehead atoms. The van der Waals surface area contributed by atoms with Gasteiger partial charge in [0.1, 0.15) is 46.6 Å². The number of nitrogens with zero attached hydrogens (tertiary/aromatic N) is 5. The number of fused-ring (bicyclic) bond motifs is 4. The first-order valence-electron chi connectivity index (χ1n) is 17.0. The van der Waals surface area contributed by atoms with Crippen molar-refractivity contribution in [1.82, 2.24) is 19.5 Å². The number of carbonyl (C=O) groups excluding carboxylic acids is 2. The highest BCUT2D eigenvalue weighted by Gasteiger charge is 2.29. The number of pyridine rings is 4. The topological polar surface area (TPSA) is 167 Å². The third kappa shape index (κ3) is 5.98. The predicted molar refractivity (Wildman–Crippen MR) is 199 cm³/mol. The van der Waals surface area contributed by atoms with E-state index in [1.807, 2.05) is 54.2 Å². The average molecular weight is 731 g/mol. The maximum absolute atomic E-state index is 13.9. The van der Waals surface area contributed by atoms with Gasteiger partial charge in [-0.05, 0) is 29.8 Å². The Kier molecular flexibility index (Phi) is 8.60. The number of anilines is 2. The van der Waals surface area contributed by atoms with Crippen molar-refractivity contribution in [1.29, 1.82) is 0 Å². The summed E-state index contributed by atoms with van der Waals surface area (Å²) in [7, 11) is 6.79. The number of hydrogen-bond donors (Lipinski definition) is 1. The summed E-state index contributed by atoms with van der Waals surface area (Å²) in [4.78, 5) is 70.9. The van der Waals surface area contributed by atoms with E-state index >= 15 is 0 Å². The maximum atomic E-state index is 13.9. The summed E-state index contributed by atoms with van der Waals surface area (Å²) in [5.74, 6) is 0.328. The van der Waals surface area contributed by atoms with Crippen molar-refractivity contribution in [2.75, 3.05) is 57.8 Å². The molecule has 0 saturated heterocycles. The number of nitrogens with one attached hydrogen (secondary N) is 1. The second-order valence-corrected chi connectivity index (χ2v) is 12.9. The molecule has 0 spiro atoms. The fraction of sp³-hybridized carbons (Fsp3) is 0.231. The number of hydrogen-bond acceptors (Lipinski definition) is 13. The van der Waals surface area contributed by atoms with Gasteiger partial charge in [-0.2, -0.15) is 0 Å². The third-order valence-corrected chi connectivity index (χ3v) is 9.55. The van der Waals surface area contributed by atoms with Crippen LogP contribution in [0, 0.1) is 0 Å². The van der Waals surface area contributed by atoms with E-state index in [-0.39, 0.29) is 34.7 Å². The summed E-state index contributed by atoms with van der Waals surface area (Å²) in [6.07, 6.45) is 2.09. The van der Waals surface area contributed by atoms with Crippen molar-refractivity contribution in [2.24, 2.45) is 0 Å². The summed E-state index contributed by atoms with van der Waals surface area (Å²) in [5, 5.41) is 0.122. The van der Waals surface area contributed by atoms with Crippen molar-refractivity contribution < 1.29 is 33.3 Å². The van der Waals surface area contributed by atoms with Crippen LogP contribution in [-0.4, -0.2) is 79.5 Å². The summed E-state index contributed by atoms with van der Waals surface area (Å²) in [6.45, 7) is 1.59. The lowest BCUT2D eigenvalue weighted by atomic mass is 10.1. The Morgan fingerprint density at radius 2 is 1.61 bits per heavy atom. The fourth-order valence-electron chi connectivity index (χ4n) is 6.68. The molecule has 2 aliphatic rings. The summed E-state index contributed by atoms with van der Waals surface area (Å²) in [6, 6.07) is 18.0. The van der Waals surface area contributed by atoms with Gasteiger partial charge in [-0.3, -0.25) is 9.59 Å². The Labute approximate surface area is 307 Å². The number of H-pyrrole nitrogens is 1. The largest absolute Gasteiger partial charge is 0.497 e. The molecule has 6 heterocycles. The first-order chi connectivity index (χ1) is 26.1. The van der Waals surface area contributed by atoms with Gasteiger partial charge < -0.3 is 43.0 Å². The van der Waals surface area contributed by atoms with Gasteiger partial charge in [-0.1, -0.05) is 30.3 Å². The van der Waals surface area contributed by atoms with Gasteiger partial charge in [0.05, 0.1) is 44.6 Å². The van der Waals surface area contributed by atoms with E-state index in [4.69, 9.17) is 28.7 Å². The molecule has 274 valence electrons. The van der Waals surface area contributed by atoms with Crippen LogP contribution in [-0.2, 0) is 11.3 Å². The number of ether oxygens (including phenoxy) is 5. The van der Waals surface area contributed by atoms with E-state index < -0.39 is 33.9 Å². The van der Waals surface area contributed by atoms with Crippen LogP contribution >= 0.6 is 0 Å². The number of methoxy groups -OCH3 is 2. The Morgan fingerprint density at radius 3 is 2.39 bits per heavy atom. The summed E-state index contributed by atoms with van der Waals surface area (Å²) < 4.78 is 29.8. The van der Waals surface area contributed by atoms with Crippen LogP contribution in [0.4, 0.5) is 11.6 Å². The van der Waals surface area contributed by atoms with E-state index in [9.17, 15) is 19.2 Å². The molecule has 6 aromatic rings. The van der Waals surface area contributed by atoms with Crippen LogP contribution in [0.5, 0.6) is 23.0 Å². The number of aromatic nitrogens is 4. The first-order valence-corrected chi connectivity index (χ1v) is 17.0. The van der Waals surface area contributed by atoms with E-state index in [2.05, 4.69) is 9.97 Å². The standard InChI is InChI=1S/C39H34N6O9/c1-43-12-13-52-29-16-25-33(47)27(19-45(35(25)42-36(29)43)18-22-10-11-23(50-3)14-28(22)51-4)39(49)54-38(48)26-17-40-34-24(32(26)46)15-30-37(41-34)44(2)20-31(53-30)21-8-6-5-7-9-21/h5-11,14-17,19,31H,12-13,18,20H2,1-4H3,(H,40,41,46). The molecule has 2 aromatic carbocycles. The second kappa shape index (κ2) is 13.6. The zero-order valence-corrected chi connectivity index (χ0v) is 29.7. The highest BCUT2D eigenvalue weighted by Crippen LogP contribution is 2.37. The van der Waals surface area contributed by atoms with Gasteiger partial charge in [0.2, 0.25) is 10.9 Å². The van der Waals surface area contributed by atoms with Gasteiger partial charge in [0, 0.05) is 38.1 Å². The lowest BCUT2D eigenvalue weighted by Gasteiger charge is -2.33. The number of rotatable bonds is 7. The third-order valence-electron chi connectivity index (χ3n) is 9.55. The molecule has 4 aromatic heterocycles. The van der Waals surface area contributed by atoms with Crippen molar-refractivity contribution in [3.63, 3.8) is 0 Å². The van der Waals surface area contributed by atoms with E-state index in [1.54, 1.807) is 29.9 Å². The minimum atomic E-state index is -1.25. The Bertz CT molecular complexity index is 2610. The highest BCUT2D eigenvalue weighted by molar-refractivity contribution is 6.04. The van der Waals surface area contributed by atoms with Crippen LogP contribution in [0.2, 0.25) is 0 Å². The molecule has 54 heavy (non-hydrogen) atoms. The molecular weight excluding hydrogens is 696 g/mol. The first kappa shape index (κ1) is 34.2. The number of carbonyl (C=O) groups is 2. The normalized spacial score (nSPS) is 14.9. The zero-order valence-electron chi connectivity index (χ0n) is 29.7. The van der Waals surface area contributed by atoms with Crippen LogP contribution < -0.4 is 39.6 Å². The van der Waals surface area contributed by atoms with Crippen LogP contribution in [0.3, 0.4) is 0 Å². The highest BCUT2D eigenvalue weighted by atomic mass is 16.6. The molecular formula is C39H34N6O9. The number of likely N-dealkylation sites (N-methyl/N-ethyl adjacent to an activating group) is 2. The van der Waals surface area contributed by atoms with Crippen LogP contribution in [0.15, 0.2) is 82.6 Å². The minimum Gasteiger partial charge on any atom is -0.497 e. The lowest BCUT2D eigenvalue weighted by Crippen LogP contribution is -2.33. The fourth-order valence-corrected chi connectivity index (χ4v) is 6.68. The van der Waals surface area contributed by atoms with Crippen molar-refractivity contribution in [3.8, 4) is 23.0 Å². The zero-order chi connectivity index (χ0) is 37.7. The Hall–Kier alpha value is -6.90. The Morgan fingerprint density at radius 1 is 0.870 bits per heavy atom. The molecule has 15 heteroatoms. The van der Waals surface area contributed by atoms with Gasteiger partial charge in [0.25, 0.3) is 0 Å². The molecule has 1 N–H and O–H groups in total.